The van der Waals surface area contributed by atoms with Gasteiger partial charge in [-0.15, -0.1) is 0 Å². The monoisotopic (exact) mass is 265 g/mol. The van der Waals surface area contributed by atoms with E-state index >= 15 is 0 Å². The predicted octanol–water partition coefficient (Wildman–Crippen LogP) is 4.96. The fourth-order valence-corrected chi connectivity index (χ4v) is 4.28. The highest BCUT2D eigenvalue weighted by Gasteiger charge is 2.26. The summed E-state index contributed by atoms with van der Waals surface area (Å²) in [6.45, 7) is 11.3. The number of nitrogens with zero attached hydrogens (tertiary/aromatic N) is 1. The first-order valence-corrected chi connectivity index (χ1v) is 8.91. The minimum Gasteiger partial charge on any atom is -0.303 e. The molecular formula is C18H35N. The van der Waals surface area contributed by atoms with E-state index in [1.807, 2.05) is 0 Å². The van der Waals surface area contributed by atoms with E-state index in [0.29, 0.717) is 0 Å². The standard InChI is InChI=1S/C18H35N/c1-4-5-16-6-8-17(9-7-16)14-19-12-10-18(11-13-19)15(2)3/h15-18H,4-14H2,1-3H3. The van der Waals surface area contributed by atoms with Gasteiger partial charge in [0.25, 0.3) is 0 Å². The van der Waals surface area contributed by atoms with Gasteiger partial charge in [-0.05, 0) is 62.4 Å². The molecule has 0 bridgehead atoms. The van der Waals surface area contributed by atoms with Gasteiger partial charge in [-0.1, -0.05) is 46.5 Å². The largest absolute Gasteiger partial charge is 0.303 e. The smallest absolute Gasteiger partial charge is 0.000966 e. The second kappa shape index (κ2) is 7.67. The molecule has 112 valence electrons. The molecule has 2 aliphatic rings. The van der Waals surface area contributed by atoms with Crippen LogP contribution >= 0.6 is 0 Å². The molecule has 0 amide bonds. The maximum atomic E-state index is 2.77. The fourth-order valence-electron chi connectivity index (χ4n) is 4.28. The molecule has 0 atom stereocenters. The van der Waals surface area contributed by atoms with Crippen LogP contribution in [0.15, 0.2) is 0 Å². The van der Waals surface area contributed by atoms with Crippen LogP contribution < -0.4 is 0 Å². The molecule has 1 aliphatic heterocycles. The lowest BCUT2D eigenvalue weighted by molar-refractivity contribution is 0.120. The number of likely N-dealkylation sites (tertiary alicyclic amines) is 1. The predicted molar refractivity (Wildman–Crippen MR) is 84.4 cm³/mol. The quantitative estimate of drug-likeness (QED) is 0.679. The zero-order valence-electron chi connectivity index (χ0n) is 13.5. The van der Waals surface area contributed by atoms with Gasteiger partial charge < -0.3 is 4.90 Å². The third-order valence-electron chi connectivity index (χ3n) is 5.75. The molecule has 19 heavy (non-hydrogen) atoms. The molecule has 1 nitrogen and oxygen atoms in total. The van der Waals surface area contributed by atoms with Crippen LogP contribution in [0.3, 0.4) is 0 Å². The summed E-state index contributed by atoms with van der Waals surface area (Å²) < 4.78 is 0. The lowest BCUT2D eigenvalue weighted by Gasteiger charge is -2.37. The van der Waals surface area contributed by atoms with Gasteiger partial charge in [-0.3, -0.25) is 0 Å². The van der Waals surface area contributed by atoms with Crippen molar-refractivity contribution in [1.82, 2.24) is 4.90 Å². The van der Waals surface area contributed by atoms with Crippen LogP contribution in [0.25, 0.3) is 0 Å². The van der Waals surface area contributed by atoms with Crippen LogP contribution in [0, 0.1) is 23.7 Å². The van der Waals surface area contributed by atoms with Crippen LogP contribution in [0.2, 0.25) is 0 Å². The highest BCUT2D eigenvalue weighted by atomic mass is 15.1. The number of hydrogen-bond acceptors (Lipinski definition) is 1. The van der Waals surface area contributed by atoms with Crippen LogP contribution in [0.4, 0.5) is 0 Å². The van der Waals surface area contributed by atoms with E-state index in [-0.39, 0.29) is 0 Å². The average Bonchev–Trinajstić information content (AvgIpc) is 2.42. The molecule has 0 aromatic heterocycles. The first-order valence-electron chi connectivity index (χ1n) is 8.91. The summed E-state index contributed by atoms with van der Waals surface area (Å²) >= 11 is 0. The van der Waals surface area contributed by atoms with Crippen LogP contribution in [0.1, 0.15) is 72.1 Å². The van der Waals surface area contributed by atoms with E-state index in [9.17, 15) is 0 Å². The molecule has 1 heteroatoms. The minimum absolute atomic E-state index is 0.895. The normalized spacial score (nSPS) is 30.9. The molecule has 1 aliphatic carbocycles. The summed E-state index contributed by atoms with van der Waals surface area (Å²) in [4.78, 5) is 2.77. The fraction of sp³-hybridized carbons (Fsp3) is 1.00. The second-order valence-corrected chi connectivity index (χ2v) is 7.56. The van der Waals surface area contributed by atoms with Crippen LogP contribution in [-0.4, -0.2) is 24.5 Å². The zero-order chi connectivity index (χ0) is 13.7. The molecular weight excluding hydrogens is 230 g/mol. The highest BCUT2D eigenvalue weighted by Crippen LogP contribution is 2.33. The average molecular weight is 265 g/mol. The summed E-state index contributed by atoms with van der Waals surface area (Å²) in [7, 11) is 0. The van der Waals surface area contributed by atoms with Gasteiger partial charge in [0.05, 0.1) is 0 Å². The molecule has 0 aromatic rings. The van der Waals surface area contributed by atoms with Crippen molar-refractivity contribution in [2.75, 3.05) is 19.6 Å². The maximum absolute atomic E-state index is 2.77. The Bertz CT molecular complexity index is 232. The Morgan fingerprint density at radius 3 is 2.00 bits per heavy atom. The van der Waals surface area contributed by atoms with Gasteiger partial charge in [0, 0.05) is 6.54 Å². The SMILES string of the molecule is CCCC1CCC(CN2CCC(C(C)C)CC2)CC1. The van der Waals surface area contributed by atoms with Crippen molar-refractivity contribution in [3.63, 3.8) is 0 Å². The summed E-state index contributed by atoms with van der Waals surface area (Å²) in [6.07, 6.45) is 11.8. The Morgan fingerprint density at radius 1 is 0.895 bits per heavy atom. The molecule has 0 aromatic carbocycles. The Hall–Kier alpha value is -0.0400. The van der Waals surface area contributed by atoms with Crippen molar-refractivity contribution < 1.29 is 0 Å². The van der Waals surface area contributed by atoms with Gasteiger partial charge in [-0.2, -0.15) is 0 Å². The Balaban J connectivity index is 1.64. The Morgan fingerprint density at radius 2 is 1.47 bits per heavy atom. The third kappa shape index (κ3) is 4.77. The maximum Gasteiger partial charge on any atom is 0.000966 e. The van der Waals surface area contributed by atoms with E-state index in [1.165, 1.54) is 71.0 Å². The van der Waals surface area contributed by atoms with Gasteiger partial charge in [0.2, 0.25) is 0 Å². The van der Waals surface area contributed by atoms with Gasteiger partial charge in [0.15, 0.2) is 0 Å². The van der Waals surface area contributed by atoms with Crippen molar-refractivity contribution in [2.24, 2.45) is 23.7 Å². The van der Waals surface area contributed by atoms with Crippen molar-refractivity contribution in [1.29, 1.82) is 0 Å². The van der Waals surface area contributed by atoms with Crippen molar-refractivity contribution in [3.8, 4) is 0 Å². The number of piperidine rings is 1. The molecule has 1 saturated carbocycles. The minimum atomic E-state index is 0.895. The lowest BCUT2D eigenvalue weighted by Crippen LogP contribution is -2.39. The first kappa shape index (κ1) is 15.4. The van der Waals surface area contributed by atoms with Crippen molar-refractivity contribution >= 4 is 0 Å². The highest BCUT2D eigenvalue weighted by molar-refractivity contribution is 4.79. The molecule has 0 spiro atoms. The number of rotatable bonds is 5. The molecule has 0 unspecified atom stereocenters. The summed E-state index contributed by atoms with van der Waals surface area (Å²) in [5.74, 6) is 3.97. The van der Waals surface area contributed by atoms with E-state index < -0.39 is 0 Å². The van der Waals surface area contributed by atoms with Crippen LogP contribution in [0.5, 0.6) is 0 Å². The van der Waals surface area contributed by atoms with Crippen LogP contribution in [-0.2, 0) is 0 Å². The molecule has 2 fully saturated rings. The lowest BCUT2D eigenvalue weighted by atomic mass is 9.79. The van der Waals surface area contributed by atoms with E-state index in [1.54, 1.807) is 0 Å². The molecule has 0 radical (unpaired) electrons. The Kier molecular flexibility index (Phi) is 6.19. The number of hydrogen-bond donors (Lipinski definition) is 0. The first-order chi connectivity index (χ1) is 9.19. The third-order valence-corrected chi connectivity index (χ3v) is 5.75. The molecule has 0 N–H and O–H groups in total. The molecule has 1 saturated heterocycles. The topological polar surface area (TPSA) is 3.24 Å². The summed E-state index contributed by atoms with van der Waals surface area (Å²) in [5, 5.41) is 0. The van der Waals surface area contributed by atoms with E-state index in [2.05, 4.69) is 25.7 Å². The molecule has 1 heterocycles. The van der Waals surface area contributed by atoms with Gasteiger partial charge in [-0.25, -0.2) is 0 Å². The van der Waals surface area contributed by atoms with E-state index in [4.69, 9.17) is 0 Å². The van der Waals surface area contributed by atoms with Crippen molar-refractivity contribution in [3.05, 3.63) is 0 Å². The van der Waals surface area contributed by atoms with E-state index in [0.717, 1.165) is 23.7 Å². The molecule has 2 rings (SSSR count). The zero-order valence-corrected chi connectivity index (χ0v) is 13.5. The van der Waals surface area contributed by atoms with Crippen molar-refractivity contribution in [2.45, 2.75) is 72.1 Å². The summed E-state index contributed by atoms with van der Waals surface area (Å²) in [5.41, 5.74) is 0. The Labute approximate surface area is 121 Å². The van der Waals surface area contributed by atoms with Gasteiger partial charge >= 0.3 is 0 Å². The second-order valence-electron chi connectivity index (χ2n) is 7.56. The summed E-state index contributed by atoms with van der Waals surface area (Å²) in [6, 6.07) is 0. The van der Waals surface area contributed by atoms with Gasteiger partial charge in [0.1, 0.15) is 0 Å².